The molecule has 0 fully saturated rings. The van der Waals surface area contributed by atoms with E-state index in [0.717, 1.165) is 23.0 Å². The Labute approximate surface area is 197 Å². The molecule has 168 valence electrons. The van der Waals surface area contributed by atoms with E-state index in [1.165, 1.54) is 15.9 Å². The molecule has 10 heteroatoms. The maximum absolute atomic E-state index is 13.0. The topological polar surface area (TPSA) is 114 Å². The molecule has 4 rings (SSSR count). The number of fused-ring (bicyclic) bond motifs is 1. The zero-order chi connectivity index (χ0) is 23.2. The van der Waals surface area contributed by atoms with Crippen molar-refractivity contribution in [1.82, 2.24) is 14.5 Å². The van der Waals surface area contributed by atoms with Crippen LogP contribution in [0.4, 0.5) is 5.13 Å². The predicted molar refractivity (Wildman–Crippen MR) is 130 cm³/mol. The second-order valence-corrected chi connectivity index (χ2v) is 8.91. The number of rotatable bonds is 9. The van der Waals surface area contributed by atoms with Gasteiger partial charge in [0.1, 0.15) is 0 Å². The molecule has 4 aromatic rings. The van der Waals surface area contributed by atoms with Crippen LogP contribution in [0.3, 0.4) is 0 Å². The maximum Gasteiger partial charge on any atom is 0.303 e. The van der Waals surface area contributed by atoms with Crippen molar-refractivity contribution in [3.05, 3.63) is 70.3 Å². The van der Waals surface area contributed by atoms with Gasteiger partial charge < -0.3 is 10.4 Å². The molecule has 0 aliphatic carbocycles. The van der Waals surface area contributed by atoms with Crippen molar-refractivity contribution < 1.29 is 14.7 Å². The molecule has 2 aromatic carbocycles. The summed E-state index contributed by atoms with van der Waals surface area (Å²) in [4.78, 5) is 45.4. The number of para-hydroxylation sites is 1. The third-order valence-corrected chi connectivity index (χ3v) is 6.49. The van der Waals surface area contributed by atoms with Gasteiger partial charge in [0, 0.05) is 23.9 Å². The van der Waals surface area contributed by atoms with Gasteiger partial charge >= 0.3 is 5.97 Å². The van der Waals surface area contributed by atoms with Crippen LogP contribution < -0.4 is 10.9 Å². The summed E-state index contributed by atoms with van der Waals surface area (Å²) in [6.45, 7) is 0.208. The number of aliphatic carboxylic acids is 1. The number of hydrogen-bond acceptors (Lipinski definition) is 7. The Morgan fingerprint density at radius 2 is 1.82 bits per heavy atom. The summed E-state index contributed by atoms with van der Waals surface area (Å²) in [6.07, 6.45) is 0.230. The normalized spacial score (nSPS) is 10.9. The highest BCUT2D eigenvalue weighted by Crippen LogP contribution is 2.25. The summed E-state index contributed by atoms with van der Waals surface area (Å²) >= 11 is 2.47. The summed E-state index contributed by atoms with van der Waals surface area (Å²) in [5.74, 6) is -1.17. The van der Waals surface area contributed by atoms with Gasteiger partial charge in [-0.3, -0.25) is 19.0 Å². The summed E-state index contributed by atoms with van der Waals surface area (Å²) in [5, 5.41) is 14.9. The van der Waals surface area contributed by atoms with E-state index in [9.17, 15) is 14.4 Å². The minimum atomic E-state index is -0.927. The number of carbonyl (C=O) groups excluding carboxylic acids is 1. The lowest BCUT2D eigenvalue weighted by atomic mass is 10.2. The van der Waals surface area contributed by atoms with Crippen LogP contribution >= 0.6 is 23.1 Å². The fourth-order valence-corrected chi connectivity index (χ4v) is 4.76. The number of thiazole rings is 1. The molecule has 2 heterocycles. The number of carboxylic acid groups (broad SMARTS) is 1. The monoisotopic (exact) mass is 480 g/mol. The Morgan fingerprint density at radius 1 is 1.06 bits per heavy atom. The molecule has 0 atom stereocenters. The van der Waals surface area contributed by atoms with E-state index in [0.29, 0.717) is 21.2 Å². The van der Waals surface area contributed by atoms with E-state index in [2.05, 4.69) is 15.3 Å². The van der Waals surface area contributed by atoms with E-state index in [1.807, 2.05) is 35.7 Å². The molecule has 8 nitrogen and oxygen atoms in total. The average Bonchev–Trinajstić information content (AvgIpc) is 3.28. The largest absolute Gasteiger partial charge is 0.481 e. The maximum atomic E-state index is 13.0. The smallest absolute Gasteiger partial charge is 0.303 e. The fraction of sp³-hybridized carbons (Fsp3) is 0.174. The summed E-state index contributed by atoms with van der Waals surface area (Å²) in [7, 11) is 0. The molecule has 0 saturated carbocycles. The van der Waals surface area contributed by atoms with Crippen molar-refractivity contribution in [2.45, 2.75) is 24.5 Å². The van der Waals surface area contributed by atoms with Crippen molar-refractivity contribution >= 4 is 51.0 Å². The van der Waals surface area contributed by atoms with Crippen LogP contribution in [0.1, 0.15) is 12.8 Å². The summed E-state index contributed by atoms with van der Waals surface area (Å²) in [6, 6.07) is 16.7. The Bertz CT molecular complexity index is 1350. The third-order valence-electron chi connectivity index (χ3n) is 4.75. The third kappa shape index (κ3) is 5.65. The molecule has 2 N–H and O–H groups in total. The van der Waals surface area contributed by atoms with E-state index in [-0.39, 0.29) is 36.6 Å². The standard InChI is InChI=1S/C23H20N4O4S2/c28-19(26-22-24-18(13-32-22)15-7-2-1-3-8-15)14-33-23-25-17-10-5-4-9-16(17)21(31)27(23)12-6-11-20(29)30/h1-5,7-10,13H,6,11-12,14H2,(H,29,30)(H,24,26,28). The van der Waals surface area contributed by atoms with Crippen molar-refractivity contribution in [2.24, 2.45) is 0 Å². The first kappa shape index (κ1) is 22.7. The molecule has 0 bridgehead atoms. The molecular formula is C23H20N4O4S2. The van der Waals surface area contributed by atoms with Gasteiger partial charge in [0.25, 0.3) is 5.56 Å². The van der Waals surface area contributed by atoms with Crippen molar-refractivity contribution in [2.75, 3.05) is 11.1 Å². The average molecular weight is 481 g/mol. The number of hydrogen-bond donors (Lipinski definition) is 2. The van der Waals surface area contributed by atoms with Crippen LogP contribution in [-0.2, 0) is 16.1 Å². The zero-order valence-corrected chi connectivity index (χ0v) is 19.1. The summed E-state index contributed by atoms with van der Waals surface area (Å²) in [5.41, 5.74) is 2.04. The Hall–Kier alpha value is -3.50. The van der Waals surface area contributed by atoms with Crippen LogP contribution in [0.2, 0.25) is 0 Å². The van der Waals surface area contributed by atoms with Crippen molar-refractivity contribution in [3.8, 4) is 11.3 Å². The highest BCUT2D eigenvalue weighted by molar-refractivity contribution is 7.99. The van der Waals surface area contributed by atoms with Gasteiger partial charge in [-0.05, 0) is 18.6 Å². The molecule has 0 spiro atoms. The zero-order valence-electron chi connectivity index (χ0n) is 17.4. The minimum absolute atomic E-state index is 0.0317. The first-order valence-corrected chi connectivity index (χ1v) is 12.0. The molecule has 33 heavy (non-hydrogen) atoms. The number of thioether (sulfide) groups is 1. The highest BCUT2D eigenvalue weighted by atomic mass is 32.2. The number of nitrogens with zero attached hydrogens (tertiary/aromatic N) is 3. The van der Waals surface area contributed by atoms with Crippen LogP contribution in [0.5, 0.6) is 0 Å². The van der Waals surface area contributed by atoms with Crippen LogP contribution in [0, 0.1) is 0 Å². The quantitative estimate of drug-likeness (QED) is 0.274. The number of nitrogens with one attached hydrogen (secondary N) is 1. The number of carboxylic acids is 1. The number of amides is 1. The van der Waals surface area contributed by atoms with E-state index in [4.69, 9.17) is 5.11 Å². The van der Waals surface area contributed by atoms with Gasteiger partial charge in [0.05, 0.1) is 22.3 Å². The number of benzene rings is 2. The molecule has 0 saturated heterocycles. The molecule has 0 aliphatic heterocycles. The lowest BCUT2D eigenvalue weighted by Gasteiger charge is -2.12. The molecule has 2 aromatic heterocycles. The van der Waals surface area contributed by atoms with Gasteiger partial charge in [0.2, 0.25) is 5.91 Å². The first-order chi connectivity index (χ1) is 16.0. The van der Waals surface area contributed by atoms with Gasteiger partial charge in [-0.15, -0.1) is 11.3 Å². The number of aromatic nitrogens is 3. The van der Waals surface area contributed by atoms with Gasteiger partial charge in [-0.25, -0.2) is 9.97 Å². The second kappa shape index (κ2) is 10.4. The van der Waals surface area contributed by atoms with Gasteiger partial charge in [-0.1, -0.05) is 54.2 Å². The van der Waals surface area contributed by atoms with E-state index in [1.54, 1.807) is 24.3 Å². The van der Waals surface area contributed by atoms with Crippen LogP contribution in [-0.4, -0.2) is 37.3 Å². The second-order valence-electron chi connectivity index (χ2n) is 7.11. The predicted octanol–water partition coefficient (Wildman–Crippen LogP) is 4.12. The van der Waals surface area contributed by atoms with Gasteiger partial charge in [-0.2, -0.15) is 0 Å². The SMILES string of the molecule is O=C(O)CCCn1c(SCC(=O)Nc2nc(-c3ccccc3)cs2)nc2ccccc2c1=O. The minimum Gasteiger partial charge on any atom is -0.481 e. The molecular weight excluding hydrogens is 460 g/mol. The van der Waals surface area contributed by atoms with Crippen molar-refractivity contribution in [1.29, 1.82) is 0 Å². The highest BCUT2D eigenvalue weighted by Gasteiger charge is 2.15. The number of anilines is 1. The van der Waals surface area contributed by atoms with Crippen LogP contribution in [0.15, 0.2) is 69.9 Å². The molecule has 0 radical (unpaired) electrons. The fourth-order valence-electron chi connectivity index (χ4n) is 3.20. The molecule has 0 aliphatic rings. The number of carbonyl (C=O) groups is 2. The summed E-state index contributed by atoms with van der Waals surface area (Å²) < 4.78 is 1.44. The molecule has 1 amide bonds. The van der Waals surface area contributed by atoms with E-state index >= 15 is 0 Å². The Balaban J connectivity index is 1.47. The first-order valence-electron chi connectivity index (χ1n) is 10.2. The Kier molecular flexibility index (Phi) is 7.16. The van der Waals surface area contributed by atoms with Gasteiger partial charge in [0.15, 0.2) is 10.3 Å². The molecule has 0 unspecified atom stereocenters. The van der Waals surface area contributed by atoms with Crippen molar-refractivity contribution in [3.63, 3.8) is 0 Å². The van der Waals surface area contributed by atoms with Crippen LogP contribution in [0.25, 0.3) is 22.2 Å². The Morgan fingerprint density at radius 3 is 2.61 bits per heavy atom. The lowest BCUT2D eigenvalue weighted by Crippen LogP contribution is -2.24. The lowest BCUT2D eigenvalue weighted by molar-refractivity contribution is -0.137. The van der Waals surface area contributed by atoms with E-state index < -0.39 is 5.97 Å².